The number of carbonyl (C=O) groups is 1. The second kappa shape index (κ2) is 17.2. The molecular weight excluding hydrogens is 741 g/mol. The molecule has 0 aromatic heterocycles. The topological polar surface area (TPSA) is 109 Å². The van der Waals surface area contributed by atoms with E-state index in [1.807, 2.05) is 30.3 Å². The van der Waals surface area contributed by atoms with E-state index in [-0.39, 0.29) is 66.3 Å². The van der Waals surface area contributed by atoms with E-state index in [9.17, 15) is 4.79 Å². The number of ether oxygens (including phenoxy) is 10. The van der Waals surface area contributed by atoms with Crippen LogP contribution in [0.15, 0.2) is 48.6 Å². The second-order valence-electron chi connectivity index (χ2n) is 18.7. The van der Waals surface area contributed by atoms with Gasteiger partial charge >= 0.3 is 5.97 Å². The average Bonchev–Trinajstić information content (AvgIpc) is 4.02. The first kappa shape index (κ1) is 43.7. The van der Waals surface area contributed by atoms with Crippen molar-refractivity contribution in [3.8, 4) is 5.75 Å². The maximum atomic E-state index is 12.3. The summed E-state index contributed by atoms with van der Waals surface area (Å²) in [6.07, 6.45) is 9.09. The van der Waals surface area contributed by atoms with Gasteiger partial charge in [0.1, 0.15) is 12.4 Å². The van der Waals surface area contributed by atoms with Crippen molar-refractivity contribution in [3.05, 3.63) is 54.1 Å². The molecule has 58 heavy (non-hydrogen) atoms. The Balaban J connectivity index is 1.03. The van der Waals surface area contributed by atoms with Gasteiger partial charge in [0.05, 0.1) is 68.7 Å². The third-order valence-corrected chi connectivity index (χ3v) is 14.7. The van der Waals surface area contributed by atoms with Crippen molar-refractivity contribution in [2.45, 2.75) is 172 Å². The molecule has 6 aliphatic heterocycles. The zero-order valence-electron chi connectivity index (χ0n) is 36.7. The van der Waals surface area contributed by atoms with Crippen LogP contribution in [0.5, 0.6) is 5.75 Å². The number of carbonyl (C=O) groups excluding carboxylic acids is 1. The van der Waals surface area contributed by atoms with E-state index >= 15 is 0 Å². The van der Waals surface area contributed by atoms with Crippen molar-refractivity contribution < 1.29 is 52.2 Å². The molecule has 0 aliphatic carbocycles. The maximum Gasteiger partial charge on any atom is 0.333 e. The van der Waals surface area contributed by atoms with Crippen LogP contribution in [0, 0.1) is 29.6 Å². The van der Waals surface area contributed by atoms with E-state index in [1.54, 1.807) is 20.1 Å². The standard InChI is InChI=1S/C47H70O11/c1-12-22-51-37-26-46(55-39(33(37)8)28(3)23-31(6)42(48)50-11)21-20-44(9,58-46)38-18-19-45(13-2,54-38)41-30(5)25-36(53-41)40-29(4)24-32(7)47(56-40)27-52-43(57-47)34-14-16-35(49-10)17-15-34/h12,14-17,23,28-30,32-33,36-41,43H,1,13,18-22,24-27H2,2-11H3/b31-23+/t28-,29-,30-,32+,33+,36-,37-,38+,39+,40-,41+,43-,44+,45-,46+,47+/m0/s1. The first-order valence-electron chi connectivity index (χ1n) is 21.9. The highest BCUT2D eigenvalue weighted by atomic mass is 16.8. The van der Waals surface area contributed by atoms with Gasteiger partial charge in [-0.1, -0.05) is 65.8 Å². The molecular formula is C47H70O11. The average molecular weight is 811 g/mol. The summed E-state index contributed by atoms with van der Waals surface area (Å²) in [5.74, 6) is -0.485. The highest BCUT2D eigenvalue weighted by Crippen LogP contribution is 2.55. The Morgan fingerprint density at radius 2 is 1.76 bits per heavy atom. The monoisotopic (exact) mass is 810 g/mol. The molecule has 7 rings (SSSR count). The molecule has 0 saturated carbocycles. The molecule has 11 heteroatoms. The van der Waals surface area contributed by atoms with Crippen molar-refractivity contribution in [3.63, 3.8) is 0 Å². The van der Waals surface area contributed by atoms with Crippen LogP contribution in [0.3, 0.4) is 0 Å². The summed E-state index contributed by atoms with van der Waals surface area (Å²) < 4.78 is 65.4. The van der Waals surface area contributed by atoms with Crippen LogP contribution in [0.2, 0.25) is 0 Å². The SMILES string of the molecule is C=CCO[C@H]1C[C@]2(CC[C@](C)([C@H]3CC[C@@](CC)([C@@H]4O[C@H]([C@H]5O[C@@]6(CO[C@H](c7ccc(OC)cc7)O6)[C@H](C)C[C@@H]5C)C[C@@H]4C)O3)O2)O[C@H]([C@@H](C)/C=C(\C)C(=O)OC)[C@@H]1C. The zero-order chi connectivity index (χ0) is 41.6. The van der Waals surface area contributed by atoms with E-state index in [2.05, 4.69) is 55.0 Å². The third kappa shape index (κ3) is 8.20. The van der Waals surface area contributed by atoms with Crippen LogP contribution in [0.25, 0.3) is 0 Å². The molecule has 1 aromatic carbocycles. The van der Waals surface area contributed by atoms with Crippen LogP contribution in [0.4, 0.5) is 0 Å². The number of rotatable bonds is 12. The number of methoxy groups -OCH3 is 2. The Morgan fingerprint density at radius 3 is 2.45 bits per heavy atom. The lowest BCUT2D eigenvalue weighted by molar-refractivity contribution is -0.333. The Bertz CT molecular complexity index is 1630. The van der Waals surface area contributed by atoms with Gasteiger partial charge in [0.2, 0.25) is 0 Å². The molecule has 6 aliphatic rings. The summed E-state index contributed by atoms with van der Waals surface area (Å²) in [4.78, 5) is 12.3. The molecule has 6 fully saturated rings. The largest absolute Gasteiger partial charge is 0.497 e. The minimum absolute atomic E-state index is 0.0683. The van der Waals surface area contributed by atoms with Crippen LogP contribution >= 0.6 is 0 Å². The Morgan fingerprint density at radius 1 is 1.00 bits per heavy atom. The van der Waals surface area contributed by atoms with Gasteiger partial charge in [-0.25, -0.2) is 4.79 Å². The van der Waals surface area contributed by atoms with Gasteiger partial charge in [0.25, 0.3) is 0 Å². The van der Waals surface area contributed by atoms with Gasteiger partial charge in [0.15, 0.2) is 17.9 Å². The molecule has 16 atom stereocenters. The van der Waals surface area contributed by atoms with Crippen molar-refractivity contribution in [1.29, 1.82) is 0 Å². The molecule has 2 spiro atoms. The smallest absolute Gasteiger partial charge is 0.333 e. The minimum atomic E-state index is -0.837. The Kier molecular flexibility index (Phi) is 13.0. The Hall–Kier alpha value is -2.35. The van der Waals surface area contributed by atoms with Crippen molar-refractivity contribution in [2.24, 2.45) is 29.6 Å². The fraction of sp³-hybridized carbons (Fsp3) is 0.766. The van der Waals surface area contributed by atoms with Gasteiger partial charge in [-0.2, -0.15) is 0 Å². The van der Waals surface area contributed by atoms with Crippen LogP contribution < -0.4 is 4.74 Å². The molecule has 0 amide bonds. The fourth-order valence-electron chi connectivity index (χ4n) is 11.3. The summed E-state index contributed by atoms with van der Waals surface area (Å²) in [5, 5.41) is 0. The molecule has 0 radical (unpaired) electrons. The van der Waals surface area contributed by atoms with Crippen molar-refractivity contribution in [1.82, 2.24) is 0 Å². The van der Waals surface area contributed by atoms with Gasteiger partial charge in [-0.05, 0) is 76.3 Å². The molecule has 0 unspecified atom stereocenters. The van der Waals surface area contributed by atoms with E-state index in [0.29, 0.717) is 31.1 Å². The number of esters is 1. The first-order valence-corrected chi connectivity index (χ1v) is 21.9. The van der Waals surface area contributed by atoms with Crippen molar-refractivity contribution in [2.75, 3.05) is 27.4 Å². The predicted molar refractivity (Wildman–Crippen MR) is 218 cm³/mol. The molecule has 11 nitrogen and oxygen atoms in total. The van der Waals surface area contributed by atoms with E-state index < -0.39 is 29.1 Å². The molecule has 1 aromatic rings. The molecule has 324 valence electrons. The molecule has 6 heterocycles. The number of hydrogen-bond donors (Lipinski definition) is 0. The van der Waals surface area contributed by atoms with E-state index in [0.717, 1.165) is 56.3 Å². The summed E-state index contributed by atoms with van der Waals surface area (Å²) in [6.45, 7) is 22.0. The fourth-order valence-corrected chi connectivity index (χ4v) is 11.3. The second-order valence-corrected chi connectivity index (χ2v) is 18.7. The normalized spacial score (nSPS) is 44.9. The van der Waals surface area contributed by atoms with Gasteiger partial charge in [-0.3, -0.25) is 0 Å². The lowest BCUT2D eigenvalue weighted by Crippen LogP contribution is -2.55. The quantitative estimate of drug-likeness (QED) is 0.115. The van der Waals surface area contributed by atoms with Gasteiger partial charge < -0.3 is 47.4 Å². The first-order chi connectivity index (χ1) is 27.6. The van der Waals surface area contributed by atoms with Crippen LogP contribution in [0.1, 0.15) is 119 Å². The Labute approximate surface area is 346 Å². The predicted octanol–water partition coefficient (Wildman–Crippen LogP) is 8.64. The number of benzene rings is 1. The molecule has 6 saturated heterocycles. The maximum absolute atomic E-state index is 12.3. The minimum Gasteiger partial charge on any atom is -0.497 e. The summed E-state index contributed by atoms with van der Waals surface area (Å²) in [6, 6.07) is 7.84. The van der Waals surface area contributed by atoms with Gasteiger partial charge in [-0.15, -0.1) is 6.58 Å². The highest BCUT2D eigenvalue weighted by Gasteiger charge is 2.62. The zero-order valence-corrected chi connectivity index (χ0v) is 36.7. The van der Waals surface area contributed by atoms with E-state index in [4.69, 9.17) is 47.4 Å². The molecule has 0 N–H and O–H groups in total. The third-order valence-electron chi connectivity index (χ3n) is 14.7. The summed E-state index contributed by atoms with van der Waals surface area (Å²) in [7, 11) is 3.07. The van der Waals surface area contributed by atoms with Crippen LogP contribution in [-0.2, 0) is 47.4 Å². The highest BCUT2D eigenvalue weighted by molar-refractivity contribution is 5.87. The lowest BCUT2D eigenvalue weighted by atomic mass is 9.80. The van der Waals surface area contributed by atoms with Crippen molar-refractivity contribution >= 4 is 5.97 Å². The van der Waals surface area contributed by atoms with Gasteiger partial charge in [0, 0.05) is 41.7 Å². The molecule has 0 bridgehead atoms. The summed E-state index contributed by atoms with van der Waals surface area (Å²) >= 11 is 0. The van der Waals surface area contributed by atoms with Crippen LogP contribution in [-0.4, -0.2) is 92.8 Å². The summed E-state index contributed by atoms with van der Waals surface area (Å²) in [5.41, 5.74) is 0.503. The number of hydrogen-bond acceptors (Lipinski definition) is 11. The lowest BCUT2D eigenvalue weighted by Gasteiger charge is -2.48. The van der Waals surface area contributed by atoms with E-state index in [1.165, 1.54) is 7.11 Å².